The van der Waals surface area contributed by atoms with Crippen molar-refractivity contribution < 1.29 is 19.4 Å². The molecular formula is C20H15N3O4S. The van der Waals surface area contributed by atoms with Gasteiger partial charge in [0.1, 0.15) is 17.6 Å². The van der Waals surface area contributed by atoms with E-state index in [0.29, 0.717) is 11.3 Å². The Morgan fingerprint density at radius 1 is 1.11 bits per heavy atom. The molecule has 1 aliphatic heterocycles. The molecule has 4 rings (SSSR count). The first-order valence-electron chi connectivity index (χ1n) is 8.37. The van der Waals surface area contributed by atoms with Crippen LogP contribution in [0.15, 0.2) is 65.8 Å². The van der Waals surface area contributed by atoms with Gasteiger partial charge >= 0.3 is 5.91 Å². The Morgan fingerprint density at radius 2 is 1.82 bits per heavy atom. The monoisotopic (exact) mass is 393 g/mol. The number of nitrogens with zero attached hydrogens (tertiary/aromatic N) is 3. The van der Waals surface area contributed by atoms with Crippen LogP contribution in [0, 0.1) is 0 Å². The van der Waals surface area contributed by atoms with Gasteiger partial charge in [0.05, 0.1) is 12.7 Å². The van der Waals surface area contributed by atoms with Crippen molar-refractivity contribution in [1.82, 2.24) is 9.97 Å². The summed E-state index contributed by atoms with van der Waals surface area (Å²) >= 11 is 1.38. The van der Waals surface area contributed by atoms with Crippen molar-refractivity contribution in [3.8, 4) is 5.75 Å². The molecule has 8 heteroatoms. The molecule has 1 unspecified atom stereocenters. The molecule has 1 aromatic carbocycles. The third-order valence-corrected chi connectivity index (χ3v) is 5.31. The van der Waals surface area contributed by atoms with Crippen LogP contribution in [0.4, 0.5) is 5.95 Å². The average molecular weight is 393 g/mol. The molecular weight excluding hydrogens is 378 g/mol. The van der Waals surface area contributed by atoms with Gasteiger partial charge in [-0.25, -0.2) is 9.97 Å². The molecule has 0 radical (unpaired) electrons. The number of carbonyl (C=O) groups excluding carboxylic acids is 2. The van der Waals surface area contributed by atoms with Gasteiger partial charge in [0.2, 0.25) is 5.95 Å². The summed E-state index contributed by atoms with van der Waals surface area (Å²) < 4.78 is 5.13. The minimum Gasteiger partial charge on any atom is -0.507 e. The maximum Gasteiger partial charge on any atom is 0.302 e. The second-order valence-corrected chi connectivity index (χ2v) is 6.94. The van der Waals surface area contributed by atoms with Gasteiger partial charge in [0.15, 0.2) is 0 Å². The first-order valence-corrected chi connectivity index (χ1v) is 9.25. The quantitative estimate of drug-likeness (QED) is 0.416. The highest BCUT2D eigenvalue weighted by Crippen LogP contribution is 2.42. The highest BCUT2D eigenvalue weighted by atomic mass is 32.1. The Morgan fingerprint density at radius 3 is 2.43 bits per heavy atom. The van der Waals surface area contributed by atoms with E-state index in [1.54, 1.807) is 36.4 Å². The fourth-order valence-corrected chi connectivity index (χ4v) is 3.90. The molecule has 1 amide bonds. The molecule has 1 saturated heterocycles. The number of aliphatic hydroxyl groups is 1. The van der Waals surface area contributed by atoms with Crippen molar-refractivity contribution in [1.29, 1.82) is 0 Å². The number of methoxy groups -OCH3 is 1. The predicted molar refractivity (Wildman–Crippen MR) is 104 cm³/mol. The number of amides is 1. The summed E-state index contributed by atoms with van der Waals surface area (Å²) in [5.41, 5.74) is 0.416. The summed E-state index contributed by atoms with van der Waals surface area (Å²) in [6.45, 7) is 0. The average Bonchev–Trinajstić information content (AvgIpc) is 3.35. The molecule has 28 heavy (non-hydrogen) atoms. The minimum atomic E-state index is -0.801. The van der Waals surface area contributed by atoms with Crippen LogP contribution in [0.5, 0.6) is 5.75 Å². The van der Waals surface area contributed by atoms with Crippen molar-refractivity contribution in [2.24, 2.45) is 0 Å². The molecule has 2 aromatic heterocycles. The first-order chi connectivity index (χ1) is 13.6. The molecule has 1 fully saturated rings. The second kappa shape index (κ2) is 7.24. The fraction of sp³-hybridized carbons (Fsp3) is 0.100. The molecule has 7 nitrogen and oxygen atoms in total. The lowest BCUT2D eigenvalue weighted by molar-refractivity contribution is -0.132. The zero-order chi connectivity index (χ0) is 19.7. The van der Waals surface area contributed by atoms with E-state index in [-0.39, 0.29) is 17.3 Å². The SMILES string of the molecule is COc1ccc(/C(O)=C2/C(=O)C(=O)N(c3ncccn3)C2c2cccs2)cc1. The van der Waals surface area contributed by atoms with E-state index in [9.17, 15) is 14.7 Å². The van der Waals surface area contributed by atoms with E-state index < -0.39 is 17.7 Å². The third kappa shape index (κ3) is 2.93. The molecule has 0 saturated carbocycles. The molecule has 0 bridgehead atoms. The second-order valence-electron chi connectivity index (χ2n) is 5.96. The maximum absolute atomic E-state index is 12.8. The number of hydrogen-bond donors (Lipinski definition) is 1. The van der Waals surface area contributed by atoms with Crippen LogP contribution in [0.1, 0.15) is 16.5 Å². The van der Waals surface area contributed by atoms with Crippen LogP contribution in [-0.4, -0.2) is 33.9 Å². The summed E-state index contributed by atoms with van der Waals surface area (Å²) in [5, 5.41) is 12.8. The Balaban J connectivity index is 1.89. The van der Waals surface area contributed by atoms with E-state index >= 15 is 0 Å². The van der Waals surface area contributed by atoms with E-state index in [4.69, 9.17) is 4.74 Å². The van der Waals surface area contributed by atoms with Crippen molar-refractivity contribution in [2.75, 3.05) is 12.0 Å². The van der Waals surface area contributed by atoms with Gasteiger partial charge < -0.3 is 9.84 Å². The fourth-order valence-electron chi connectivity index (χ4n) is 3.07. The smallest absolute Gasteiger partial charge is 0.302 e. The summed E-state index contributed by atoms with van der Waals surface area (Å²) in [4.78, 5) is 35.8. The number of Topliss-reactive ketones (excluding diaryl/α,β-unsaturated/α-hetero) is 1. The maximum atomic E-state index is 12.8. The molecule has 0 aliphatic carbocycles. The Bertz CT molecular complexity index is 1050. The Hall–Kier alpha value is -3.52. The zero-order valence-electron chi connectivity index (χ0n) is 14.8. The predicted octanol–water partition coefficient (Wildman–Crippen LogP) is 3.17. The lowest BCUT2D eigenvalue weighted by atomic mass is 10.00. The van der Waals surface area contributed by atoms with Gasteiger partial charge in [-0.1, -0.05) is 6.07 Å². The van der Waals surface area contributed by atoms with Crippen LogP contribution in [0.25, 0.3) is 5.76 Å². The normalized spacial score (nSPS) is 18.5. The lowest BCUT2D eigenvalue weighted by Gasteiger charge is -2.21. The van der Waals surface area contributed by atoms with Crippen molar-refractivity contribution in [2.45, 2.75) is 6.04 Å². The van der Waals surface area contributed by atoms with Gasteiger partial charge in [-0.2, -0.15) is 0 Å². The molecule has 3 heterocycles. The largest absolute Gasteiger partial charge is 0.507 e. The number of hydrogen-bond acceptors (Lipinski definition) is 7. The van der Waals surface area contributed by atoms with Gasteiger partial charge in [-0.05, 0) is 41.8 Å². The molecule has 0 spiro atoms. The third-order valence-electron chi connectivity index (χ3n) is 4.39. The van der Waals surface area contributed by atoms with E-state index in [1.807, 2.05) is 11.4 Å². The number of aromatic nitrogens is 2. The van der Waals surface area contributed by atoms with Gasteiger partial charge in [-0.15, -0.1) is 11.3 Å². The van der Waals surface area contributed by atoms with Crippen LogP contribution in [0.2, 0.25) is 0 Å². The number of rotatable bonds is 4. The number of carbonyl (C=O) groups is 2. The number of ketones is 1. The van der Waals surface area contributed by atoms with Crippen LogP contribution in [0.3, 0.4) is 0 Å². The van der Waals surface area contributed by atoms with Crippen molar-refractivity contribution in [3.05, 3.63) is 76.3 Å². The highest BCUT2D eigenvalue weighted by molar-refractivity contribution is 7.10. The molecule has 140 valence electrons. The molecule has 1 aliphatic rings. The standard InChI is InChI=1S/C20H15N3O4S/c1-27-13-7-5-12(6-8-13)17(24)15-16(14-4-2-11-28-14)23(19(26)18(15)25)20-21-9-3-10-22-20/h2-11,16,24H,1H3/b17-15-. The van der Waals surface area contributed by atoms with Crippen LogP contribution < -0.4 is 9.64 Å². The van der Waals surface area contributed by atoms with E-state index in [1.165, 1.54) is 35.7 Å². The number of benzene rings is 1. The van der Waals surface area contributed by atoms with E-state index in [2.05, 4.69) is 9.97 Å². The lowest BCUT2D eigenvalue weighted by Crippen LogP contribution is -2.30. The summed E-state index contributed by atoms with van der Waals surface area (Å²) in [6.07, 6.45) is 2.99. The first kappa shape index (κ1) is 17.9. The molecule has 1 atom stereocenters. The number of ether oxygens (including phenoxy) is 1. The number of aliphatic hydroxyl groups excluding tert-OH is 1. The van der Waals surface area contributed by atoms with Crippen molar-refractivity contribution in [3.63, 3.8) is 0 Å². The molecule has 3 aromatic rings. The van der Waals surface area contributed by atoms with Crippen molar-refractivity contribution >= 4 is 34.7 Å². The zero-order valence-corrected chi connectivity index (χ0v) is 15.6. The Kier molecular flexibility index (Phi) is 4.62. The van der Waals surface area contributed by atoms with E-state index in [0.717, 1.165) is 4.88 Å². The van der Waals surface area contributed by atoms with Crippen LogP contribution >= 0.6 is 11.3 Å². The van der Waals surface area contributed by atoms with Crippen LogP contribution in [-0.2, 0) is 9.59 Å². The summed E-state index contributed by atoms with van der Waals surface area (Å²) in [7, 11) is 1.54. The minimum absolute atomic E-state index is 0.00469. The Labute approximate surface area is 164 Å². The summed E-state index contributed by atoms with van der Waals surface area (Å²) in [5.74, 6) is -1.09. The van der Waals surface area contributed by atoms with Gasteiger partial charge in [-0.3, -0.25) is 14.5 Å². The molecule has 1 N–H and O–H groups in total. The summed E-state index contributed by atoms with van der Waals surface area (Å²) in [6, 6.07) is 11.1. The number of thiophene rings is 1. The van der Waals surface area contributed by atoms with Gasteiger partial charge in [0, 0.05) is 22.8 Å². The van der Waals surface area contributed by atoms with Gasteiger partial charge in [0.25, 0.3) is 5.78 Å². The number of anilines is 1. The highest BCUT2D eigenvalue weighted by Gasteiger charge is 2.48. The topological polar surface area (TPSA) is 92.6 Å².